The van der Waals surface area contributed by atoms with Crippen LogP contribution in [0.15, 0.2) is 59.6 Å². The molecule has 1 aromatic heterocycles. The van der Waals surface area contributed by atoms with E-state index >= 15 is 0 Å². The summed E-state index contributed by atoms with van der Waals surface area (Å²) in [7, 11) is 1.65. The minimum absolute atomic E-state index is 0.0323. The normalized spacial score (nSPS) is 13.3. The van der Waals surface area contributed by atoms with Crippen LogP contribution in [0.5, 0.6) is 5.75 Å². The van der Waals surface area contributed by atoms with E-state index in [9.17, 15) is 4.79 Å². The number of nitrogens with one attached hydrogen (secondary N) is 1. The Labute approximate surface area is 175 Å². The van der Waals surface area contributed by atoms with Gasteiger partial charge < -0.3 is 10.1 Å². The zero-order valence-corrected chi connectivity index (χ0v) is 17.3. The smallest absolute Gasteiger partial charge is 0.254 e. The monoisotopic (exact) mass is 404 g/mol. The average molecular weight is 405 g/mol. The summed E-state index contributed by atoms with van der Waals surface area (Å²) < 4.78 is 5.21. The van der Waals surface area contributed by atoms with Crippen LogP contribution in [-0.2, 0) is 19.4 Å². The second kappa shape index (κ2) is 9.05. The van der Waals surface area contributed by atoms with E-state index in [1.54, 1.807) is 18.4 Å². The number of nitrogens with zero attached hydrogens (tertiary/aromatic N) is 1. The molecule has 4 nitrogen and oxygen atoms in total. The Morgan fingerprint density at radius 3 is 2.62 bits per heavy atom. The van der Waals surface area contributed by atoms with Crippen LogP contribution in [0.25, 0.3) is 0 Å². The summed E-state index contributed by atoms with van der Waals surface area (Å²) in [5, 5.41) is 3.89. The van der Waals surface area contributed by atoms with Gasteiger partial charge in [0.2, 0.25) is 0 Å². The fraction of sp³-hybridized carbons (Fsp3) is 0.250. The van der Waals surface area contributed by atoms with Gasteiger partial charge in [0.25, 0.3) is 5.91 Å². The SMILES string of the molecule is COc1ccc(C=Nc2sc3c(c2C(=O)NCc2ccccc2)CCCC3)cc1. The van der Waals surface area contributed by atoms with Crippen LogP contribution in [0.2, 0.25) is 0 Å². The topological polar surface area (TPSA) is 50.7 Å². The van der Waals surface area contributed by atoms with Gasteiger partial charge >= 0.3 is 0 Å². The van der Waals surface area contributed by atoms with Crippen molar-refractivity contribution in [2.24, 2.45) is 4.99 Å². The molecular formula is C24H24N2O2S. The van der Waals surface area contributed by atoms with Gasteiger partial charge in [0.15, 0.2) is 0 Å². The molecule has 1 aliphatic rings. The van der Waals surface area contributed by atoms with Crippen molar-refractivity contribution in [2.75, 3.05) is 7.11 Å². The maximum Gasteiger partial charge on any atom is 0.254 e. The molecule has 0 aliphatic heterocycles. The maximum absolute atomic E-state index is 13.1. The lowest BCUT2D eigenvalue weighted by atomic mass is 9.95. The molecule has 0 saturated heterocycles. The molecule has 0 saturated carbocycles. The van der Waals surface area contributed by atoms with E-state index in [1.165, 1.54) is 16.9 Å². The molecule has 1 heterocycles. The van der Waals surface area contributed by atoms with Crippen LogP contribution < -0.4 is 10.1 Å². The first-order valence-electron chi connectivity index (χ1n) is 9.89. The minimum Gasteiger partial charge on any atom is -0.497 e. The van der Waals surface area contributed by atoms with Gasteiger partial charge in [0, 0.05) is 17.6 Å². The Morgan fingerprint density at radius 1 is 1.10 bits per heavy atom. The van der Waals surface area contributed by atoms with Gasteiger partial charge in [-0.2, -0.15) is 0 Å². The highest BCUT2D eigenvalue weighted by atomic mass is 32.1. The molecule has 0 radical (unpaired) electrons. The van der Waals surface area contributed by atoms with Gasteiger partial charge in [-0.3, -0.25) is 4.79 Å². The third-order valence-corrected chi connectivity index (χ3v) is 6.32. The highest BCUT2D eigenvalue weighted by molar-refractivity contribution is 7.16. The number of aryl methyl sites for hydroxylation is 1. The first-order chi connectivity index (χ1) is 14.2. The fourth-order valence-electron chi connectivity index (χ4n) is 3.57. The van der Waals surface area contributed by atoms with Crippen molar-refractivity contribution in [1.29, 1.82) is 0 Å². The summed E-state index contributed by atoms with van der Waals surface area (Å²) in [5.41, 5.74) is 4.01. The average Bonchev–Trinajstić information content (AvgIpc) is 3.15. The third kappa shape index (κ3) is 4.57. The van der Waals surface area contributed by atoms with Gasteiger partial charge in [-0.25, -0.2) is 4.99 Å². The number of carbonyl (C=O) groups is 1. The van der Waals surface area contributed by atoms with Crippen molar-refractivity contribution in [1.82, 2.24) is 5.32 Å². The predicted molar refractivity (Wildman–Crippen MR) is 119 cm³/mol. The van der Waals surface area contributed by atoms with Crippen molar-refractivity contribution in [2.45, 2.75) is 32.2 Å². The first kappa shape index (κ1) is 19.4. The second-order valence-electron chi connectivity index (χ2n) is 7.09. The number of benzene rings is 2. The van der Waals surface area contributed by atoms with Crippen molar-refractivity contribution >= 4 is 28.5 Å². The Kier molecular flexibility index (Phi) is 6.06. The standard InChI is InChI=1S/C24H24N2O2S/c1-28-19-13-11-18(12-14-19)16-26-24-22(20-9-5-6-10-21(20)29-24)23(27)25-15-17-7-3-2-4-8-17/h2-4,7-8,11-14,16H,5-6,9-10,15H2,1H3,(H,25,27). The van der Waals surface area contributed by atoms with Crippen LogP contribution in [0.1, 0.15) is 44.8 Å². The molecule has 0 bridgehead atoms. The van der Waals surface area contributed by atoms with Crippen molar-refractivity contribution in [3.8, 4) is 5.75 Å². The Morgan fingerprint density at radius 2 is 1.86 bits per heavy atom. The number of methoxy groups -OCH3 is 1. The van der Waals surface area contributed by atoms with Crippen LogP contribution >= 0.6 is 11.3 Å². The number of hydrogen-bond acceptors (Lipinski definition) is 4. The van der Waals surface area contributed by atoms with E-state index in [1.807, 2.05) is 60.8 Å². The highest BCUT2D eigenvalue weighted by Gasteiger charge is 2.25. The lowest BCUT2D eigenvalue weighted by molar-refractivity contribution is 0.0951. The minimum atomic E-state index is -0.0323. The quantitative estimate of drug-likeness (QED) is 0.566. The largest absolute Gasteiger partial charge is 0.497 e. The van der Waals surface area contributed by atoms with Crippen molar-refractivity contribution < 1.29 is 9.53 Å². The number of hydrogen-bond donors (Lipinski definition) is 1. The molecule has 29 heavy (non-hydrogen) atoms. The third-order valence-electron chi connectivity index (χ3n) is 5.12. The highest BCUT2D eigenvalue weighted by Crippen LogP contribution is 2.39. The summed E-state index contributed by atoms with van der Waals surface area (Å²) in [6.45, 7) is 0.520. The molecule has 0 fully saturated rings. The zero-order chi connectivity index (χ0) is 20.1. The van der Waals surface area contributed by atoms with Gasteiger partial charge in [-0.15, -0.1) is 11.3 Å². The molecular weight excluding hydrogens is 380 g/mol. The summed E-state index contributed by atoms with van der Waals surface area (Å²) in [4.78, 5) is 19.1. The van der Waals surface area contributed by atoms with Crippen LogP contribution in [0, 0.1) is 0 Å². The molecule has 0 unspecified atom stereocenters. The van der Waals surface area contributed by atoms with E-state index < -0.39 is 0 Å². The van der Waals surface area contributed by atoms with E-state index in [2.05, 4.69) is 5.32 Å². The molecule has 2 aromatic carbocycles. The summed E-state index contributed by atoms with van der Waals surface area (Å²) in [5.74, 6) is 0.782. The summed E-state index contributed by atoms with van der Waals surface area (Å²) in [6, 6.07) is 17.7. The summed E-state index contributed by atoms with van der Waals surface area (Å²) in [6.07, 6.45) is 6.13. The Balaban J connectivity index is 1.58. The molecule has 148 valence electrons. The van der Waals surface area contributed by atoms with E-state index in [0.29, 0.717) is 6.54 Å². The molecule has 1 aliphatic carbocycles. The maximum atomic E-state index is 13.1. The lowest BCUT2D eigenvalue weighted by Crippen LogP contribution is -2.24. The Hall–Kier alpha value is -2.92. The molecule has 1 N–H and O–H groups in total. The van der Waals surface area contributed by atoms with Gasteiger partial charge in [-0.1, -0.05) is 30.3 Å². The second-order valence-corrected chi connectivity index (χ2v) is 8.17. The summed E-state index contributed by atoms with van der Waals surface area (Å²) >= 11 is 1.66. The molecule has 0 atom stereocenters. The molecule has 5 heteroatoms. The number of aliphatic imine (C=N–C) groups is 1. The number of fused-ring (bicyclic) bond motifs is 1. The van der Waals surface area contributed by atoms with E-state index in [4.69, 9.17) is 9.73 Å². The van der Waals surface area contributed by atoms with E-state index in [-0.39, 0.29) is 5.91 Å². The number of ether oxygens (including phenoxy) is 1. The number of rotatable bonds is 6. The van der Waals surface area contributed by atoms with Crippen molar-refractivity contribution in [3.05, 3.63) is 81.7 Å². The molecule has 1 amide bonds. The zero-order valence-electron chi connectivity index (χ0n) is 16.5. The molecule has 0 spiro atoms. The predicted octanol–water partition coefficient (Wildman–Crippen LogP) is 5.32. The first-order valence-corrected chi connectivity index (χ1v) is 10.7. The molecule has 3 aromatic rings. The fourth-order valence-corrected chi connectivity index (χ4v) is 4.80. The Bertz CT molecular complexity index is 1010. The van der Waals surface area contributed by atoms with Gasteiger partial charge in [-0.05, 0) is 66.6 Å². The van der Waals surface area contributed by atoms with Gasteiger partial charge in [0.05, 0.1) is 12.7 Å². The number of thiophene rings is 1. The van der Waals surface area contributed by atoms with Crippen LogP contribution in [0.4, 0.5) is 5.00 Å². The number of amides is 1. The van der Waals surface area contributed by atoms with Crippen LogP contribution in [0.3, 0.4) is 0 Å². The van der Waals surface area contributed by atoms with Crippen molar-refractivity contribution in [3.63, 3.8) is 0 Å². The van der Waals surface area contributed by atoms with Crippen LogP contribution in [-0.4, -0.2) is 19.2 Å². The lowest BCUT2D eigenvalue weighted by Gasteiger charge is -2.12. The van der Waals surface area contributed by atoms with Gasteiger partial charge in [0.1, 0.15) is 10.8 Å². The number of carbonyl (C=O) groups excluding carboxylic acids is 1. The molecule has 4 rings (SSSR count). The van der Waals surface area contributed by atoms with E-state index in [0.717, 1.165) is 46.7 Å².